The molecule has 1 rings (SSSR count). The first-order valence-corrected chi connectivity index (χ1v) is 7.16. The van der Waals surface area contributed by atoms with Gasteiger partial charge in [-0.1, -0.05) is 30.4 Å². The highest BCUT2D eigenvalue weighted by Gasteiger charge is 2.51. The Balaban J connectivity index is 2.86. The molecule has 10 heteroatoms. The van der Waals surface area contributed by atoms with Crippen LogP contribution in [0, 0.1) is 0 Å². The zero-order valence-corrected chi connectivity index (χ0v) is 13.7. The van der Waals surface area contributed by atoms with Crippen LogP contribution in [0.15, 0.2) is 43.0 Å². The van der Waals surface area contributed by atoms with Crippen molar-refractivity contribution in [3.05, 3.63) is 48.6 Å². The minimum Gasteiger partial charge on any atom is -0.319 e. The molecule has 1 aromatic rings. The Bertz CT molecular complexity index is 659. The second-order valence-electron chi connectivity index (χ2n) is 5.39. The fourth-order valence-electron chi connectivity index (χ4n) is 1.71. The van der Waals surface area contributed by atoms with Gasteiger partial charge in [-0.15, -0.1) is 6.58 Å². The number of alkyl halides is 5. The van der Waals surface area contributed by atoms with E-state index in [4.69, 9.17) is 0 Å². The third-order valence-electron chi connectivity index (χ3n) is 3.04. The van der Waals surface area contributed by atoms with Crippen molar-refractivity contribution in [2.45, 2.75) is 31.7 Å². The van der Waals surface area contributed by atoms with E-state index in [1.165, 1.54) is 37.3 Å². The van der Waals surface area contributed by atoms with Crippen molar-refractivity contribution in [1.29, 1.82) is 0 Å². The van der Waals surface area contributed by atoms with Crippen LogP contribution in [0.1, 0.15) is 18.9 Å². The number of anilines is 1. The molecule has 0 aliphatic carbocycles. The maximum Gasteiger partial charge on any atom is 0.426 e. The predicted octanol–water partition coefficient (Wildman–Crippen LogP) is 4.38. The third-order valence-corrected chi connectivity index (χ3v) is 3.04. The van der Waals surface area contributed by atoms with Gasteiger partial charge in [0.15, 0.2) is 6.10 Å². The molecule has 1 unspecified atom stereocenters. The summed E-state index contributed by atoms with van der Waals surface area (Å²) in [6.45, 7) is 7.94. The maximum absolute atomic E-state index is 13.9. The summed E-state index contributed by atoms with van der Waals surface area (Å²) in [4.78, 5) is 15.5. The lowest BCUT2D eigenvalue weighted by atomic mass is 10.1. The fourth-order valence-corrected chi connectivity index (χ4v) is 1.71. The van der Waals surface area contributed by atoms with Crippen LogP contribution >= 0.6 is 0 Å². The van der Waals surface area contributed by atoms with E-state index in [0.717, 1.165) is 0 Å². The van der Waals surface area contributed by atoms with Crippen LogP contribution in [0.3, 0.4) is 0 Å². The molecule has 0 spiro atoms. The number of nitrogens with one attached hydrogen (secondary N) is 1. The topological polar surface area (TPSA) is 61.8 Å². The van der Waals surface area contributed by atoms with Crippen molar-refractivity contribution in [2.75, 3.05) is 5.32 Å². The van der Waals surface area contributed by atoms with Crippen LogP contribution < -0.4 is 5.32 Å². The highest BCUT2D eigenvalue weighted by Crippen LogP contribution is 2.31. The zero-order valence-electron chi connectivity index (χ0n) is 13.7. The van der Waals surface area contributed by atoms with Crippen molar-refractivity contribution in [2.24, 2.45) is 0 Å². The molecule has 1 aromatic carbocycles. The number of amides is 1. The molecule has 0 fully saturated rings. The fraction of sp³-hybridized carbons (Fsp3) is 0.312. The van der Waals surface area contributed by atoms with E-state index in [9.17, 15) is 32.0 Å². The number of carbonyl (C=O) groups excluding carboxylic acids is 1. The normalized spacial score (nSPS) is 13.4. The van der Waals surface area contributed by atoms with E-state index in [1.807, 2.05) is 0 Å². The Labute approximate surface area is 146 Å². The van der Waals surface area contributed by atoms with Gasteiger partial charge in [0.1, 0.15) is 0 Å². The molecule has 0 radical (unpaired) electrons. The minimum atomic E-state index is -5.06. The van der Waals surface area contributed by atoms with Crippen molar-refractivity contribution in [3.8, 4) is 0 Å². The average Bonchev–Trinajstić information content (AvgIpc) is 2.53. The number of rotatable bonds is 8. The maximum atomic E-state index is 13.9. The Morgan fingerprint density at radius 2 is 1.85 bits per heavy atom. The average molecular weight is 380 g/mol. The van der Waals surface area contributed by atoms with E-state index in [0.29, 0.717) is 5.56 Å². The van der Waals surface area contributed by atoms with Crippen molar-refractivity contribution >= 4 is 17.7 Å². The van der Waals surface area contributed by atoms with Crippen LogP contribution in [0.5, 0.6) is 0 Å². The highest BCUT2D eigenvalue weighted by molar-refractivity contribution is 5.95. The van der Waals surface area contributed by atoms with Crippen LogP contribution in [0.25, 0.3) is 6.08 Å². The summed E-state index contributed by atoms with van der Waals surface area (Å²) in [5.74, 6) is -2.08. The molecule has 5 nitrogen and oxygen atoms in total. The van der Waals surface area contributed by atoms with E-state index in [-0.39, 0.29) is 11.3 Å². The van der Waals surface area contributed by atoms with Gasteiger partial charge in [-0.3, -0.25) is 14.8 Å². The molecule has 0 saturated heterocycles. The lowest BCUT2D eigenvalue weighted by molar-refractivity contribution is -0.466. The second kappa shape index (κ2) is 8.39. The molecule has 0 bridgehead atoms. The lowest BCUT2D eigenvalue weighted by Gasteiger charge is -2.28. The van der Waals surface area contributed by atoms with Gasteiger partial charge in [-0.25, -0.2) is 0 Å². The summed E-state index contributed by atoms with van der Waals surface area (Å²) in [5, 5.41) is 9.57. The van der Waals surface area contributed by atoms with Gasteiger partial charge in [0.2, 0.25) is 0 Å². The van der Waals surface area contributed by atoms with Crippen molar-refractivity contribution in [1.82, 2.24) is 5.23 Å². The number of hydroxylamine groups is 2. The van der Waals surface area contributed by atoms with Crippen molar-refractivity contribution in [3.63, 3.8) is 0 Å². The van der Waals surface area contributed by atoms with E-state index >= 15 is 0 Å². The summed E-state index contributed by atoms with van der Waals surface area (Å²) in [6.07, 6.45) is -7.26. The first-order valence-electron chi connectivity index (χ1n) is 7.16. The Hall–Kier alpha value is -2.30. The zero-order chi connectivity index (χ0) is 20.1. The molecular weight excluding hydrogens is 363 g/mol. The van der Waals surface area contributed by atoms with E-state index in [2.05, 4.69) is 18.0 Å². The molecule has 1 amide bonds. The molecule has 0 aliphatic heterocycles. The van der Waals surface area contributed by atoms with Gasteiger partial charge in [-0.05, 0) is 24.6 Å². The number of carbonyl (C=O) groups is 1. The summed E-state index contributed by atoms with van der Waals surface area (Å²) < 4.78 is 66.1. The molecule has 26 heavy (non-hydrogen) atoms. The van der Waals surface area contributed by atoms with Crippen molar-refractivity contribution < 1.29 is 36.8 Å². The third kappa shape index (κ3) is 5.90. The van der Waals surface area contributed by atoms with Gasteiger partial charge >= 0.3 is 18.1 Å². The van der Waals surface area contributed by atoms with Crippen LogP contribution in [0.4, 0.5) is 27.6 Å². The number of benzene rings is 1. The molecule has 2 N–H and O–H groups in total. The van der Waals surface area contributed by atoms with Gasteiger partial charge < -0.3 is 5.32 Å². The minimum absolute atomic E-state index is 0.0178. The lowest BCUT2D eigenvalue weighted by Crippen LogP contribution is -2.52. The smallest absolute Gasteiger partial charge is 0.319 e. The molecular formula is C16H17F5N2O3. The van der Waals surface area contributed by atoms with Crippen LogP contribution in [-0.2, 0) is 9.63 Å². The number of hydrogen-bond donors (Lipinski definition) is 2. The van der Waals surface area contributed by atoms with Crippen LogP contribution in [0.2, 0.25) is 0 Å². The molecule has 0 aliphatic rings. The monoisotopic (exact) mass is 380 g/mol. The van der Waals surface area contributed by atoms with E-state index < -0.39 is 35.9 Å². The standard InChI is InChI=1S/C16H17F5N2O3/c1-4-11-5-7-12(8-6-11)22-14(24)16(20,21)23(25)26-13(9-10(2)3)15(17,18)19/h4-8,13,25H,1-2,9H2,3H3,(H,22,24). The molecule has 144 valence electrons. The quantitative estimate of drug-likeness (QED) is 0.304. The Kier molecular flexibility index (Phi) is 7.01. The van der Waals surface area contributed by atoms with Gasteiger partial charge in [0.05, 0.1) is 0 Å². The Morgan fingerprint density at radius 1 is 1.31 bits per heavy atom. The molecule has 0 saturated carbocycles. The SMILES string of the molecule is C=Cc1ccc(NC(=O)C(F)(F)N(O)OC(CC(=C)C)C(F)(F)F)cc1. The highest BCUT2D eigenvalue weighted by atomic mass is 19.4. The molecule has 0 aromatic heterocycles. The molecule has 1 atom stereocenters. The van der Waals surface area contributed by atoms with Crippen LogP contribution in [-0.4, -0.2) is 34.7 Å². The predicted molar refractivity (Wildman–Crippen MR) is 84.1 cm³/mol. The number of hydrogen-bond acceptors (Lipinski definition) is 4. The van der Waals surface area contributed by atoms with Gasteiger partial charge in [-0.2, -0.15) is 22.0 Å². The summed E-state index contributed by atoms with van der Waals surface area (Å²) in [7, 11) is 0. The van der Waals surface area contributed by atoms with Gasteiger partial charge in [0, 0.05) is 17.3 Å². The summed E-state index contributed by atoms with van der Waals surface area (Å²) >= 11 is 0. The van der Waals surface area contributed by atoms with E-state index in [1.54, 1.807) is 5.32 Å². The first-order chi connectivity index (χ1) is 11.9. The van der Waals surface area contributed by atoms with Gasteiger partial charge in [0.25, 0.3) is 0 Å². The first kappa shape index (κ1) is 21.7. The number of nitrogens with zero attached hydrogens (tertiary/aromatic N) is 1. The number of halogens is 5. The summed E-state index contributed by atoms with van der Waals surface area (Å²) in [6, 6.07) is 0.678. The molecule has 0 heterocycles. The second-order valence-corrected chi connectivity index (χ2v) is 5.39. The Morgan fingerprint density at radius 3 is 2.27 bits per heavy atom. The largest absolute Gasteiger partial charge is 0.426 e. The summed E-state index contributed by atoms with van der Waals surface area (Å²) in [5.41, 5.74) is 0.563.